The zero-order valence-corrected chi connectivity index (χ0v) is 15.8. The van der Waals surface area contributed by atoms with Crippen LogP contribution in [0.3, 0.4) is 0 Å². The first-order valence-electron chi connectivity index (χ1n) is 9.76. The monoisotopic (exact) mass is 370 g/mol. The number of piperazine rings is 1. The van der Waals surface area contributed by atoms with E-state index in [1.54, 1.807) is 25.3 Å². The summed E-state index contributed by atoms with van der Waals surface area (Å²) in [6.45, 7) is 3.84. The molecule has 2 aliphatic rings. The summed E-state index contributed by atoms with van der Waals surface area (Å²) >= 11 is 0. The Kier molecular flexibility index (Phi) is 5.16. The van der Waals surface area contributed by atoms with Gasteiger partial charge in [0.05, 0.1) is 7.11 Å². The number of ether oxygens (including phenoxy) is 1. The summed E-state index contributed by atoms with van der Waals surface area (Å²) in [7, 11) is 1.63. The molecule has 1 aromatic heterocycles. The van der Waals surface area contributed by atoms with E-state index in [9.17, 15) is 9.59 Å². The van der Waals surface area contributed by atoms with E-state index in [4.69, 9.17) is 9.15 Å². The van der Waals surface area contributed by atoms with Crippen LogP contribution in [0.2, 0.25) is 0 Å². The Morgan fingerprint density at radius 2 is 1.89 bits per heavy atom. The molecule has 0 spiro atoms. The molecule has 2 heterocycles. The normalized spacial score (nSPS) is 18.9. The zero-order valence-electron chi connectivity index (χ0n) is 15.8. The lowest BCUT2D eigenvalue weighted by molar-refractivity contribution is -0.137. The van der Waals surface area contributed by atoms with Gasteiger partial charge in [0, 0.05) is 50.1 Å². The van der Waals surface area contributed by atoms with E-state index >= 15 is 0 Å². The van der Waals surface area contributed by atoms with E-state index in [1.165, 1.54) is 12.8 Å². The van der Waals surface area contributed by atoms with Gasteiger partial charge in [0.1, 0.15) is 11.3 Å². The Hall–Kier alpha value is -2.34. The maximum atomic E-state index is 12.6. The highest BCUT2D eigenvalue weighted by atomic mass is 16.5. The fraction of sp³-hybridized carbons (Fsp3) is 0.524. The van der Waals surface area contributed by atoms with Gasteiger partial charge in [0.15, 0.2) is 0 Å². The summed E-state index contributed by atoms with van der Waals surface area (Å²) in [5, 5.41) is 0.901. The van der Waals surface area contributed by atoms with Crippen molar-refractivity contribution in [3.63, 3.8) is 0 Å². The highest BCUT2D eigenvalue weighted by Crippen LogP contribution is 2.27. The molecule has 144 valence electrons. The molecule has 4 rings (SSSR count). The van der Waals surface area contributed by atoms with Gasteiger partial charge in [0.2, 0.25) is 5.91 Å². The van der Waals surface area contributed by atoms with Crippen LogP contribution in [0, 0.1) is 5.92 Å². The van der Waals surface area contributed by atoms with Crippen LogP contribution < -0.4 is 10.4 Å². The minimum atomic E-state index is -0.335. The molecule has 27 heavy (non-hydrogen) atoms. The van der Waals surface area contributed by atoms with Crippen LogP contribution in [0.5, 0.6) is 5.75 Å². The lowest BCUT2D eigenvalue weighted by Gasteiger charge is -2.36. The molecular formula is C21H26N2O4. The van der Waals surface area contributed by atoms with E-state index < -0.39 is 0 Å². The van der Waals surface area contributed by atoms with E-state index in [1.807, 2.05) is 11.0 Å². The average molecular weight is 370 g/mol. The van der Waals surface area contributed by atoms with Gasteiger partial charge in [0.25, 0.3) is 0 Å². The largest absolute Gasteiger partial charge is 0.497 e. The molecule has 0 atom stereocenters. The Labute approximate surface area is 158 Å². The number of hydrogen-bond donors (Lipinski definition) is 0. The summed E-state index contributed by atoms with van der Waals surface area (Å²) < 4.78 is 10.6. The van der Waals surface area contributed by atoms with Crippen molar-refractivity contribution in [1.82, 2.24) is 9.80 Å². The fourth-order valence-electron chi connectivity index (χ4n) is 4.26. The third kappa shape index (κ3) is 3.86. The highest BCUT2D eigenvalue weighted by molar-refractivity contribution is 5.82. The molecule has 0 unspecified atom stereocenters. The van der Waals surface area contributed by atoms with Crippen LogP contribution in [0.25, 0.3) is 11.0 Å². The van der Waals surface area contributed by atoms with Crippen molar-refractivity contribution >= 4 is 16.9 Å². The number of hydrogen-bond acceptors (Lipinski definition) is 5. The van der Waals surface area contributed by atoms with E-state index in [-0.39, 0.29) is 11.5 Å². The molecule has 6 nitrogen and oxygen atoms in total. The second-order valence-corrected chi connectivity index (χ2v) is 7.54. The first kappa shape index (κ1) is 18.0. The number of methoxy groups -OCH3 is 1. The number of fused-ring (bicyclic) bond motifs is 1. The van der Waals surface area contributed by atoms with Crippen LogP contribution in [0.1, 0.15) is 31.2 Å². The Morgan fingerprint density at radius 1 is 1.15 bits per heavy atom. The standard InChI is InChI=1S/C21H26N2O4/c1-26-17-6-7-19-18(13-17)16(12-20(24)27-19)14-22-8-10-23(11-9-22)21(25)15-4-2-3-5-15/h6-7,12-13,15H,2-5,8-11,14H2,1H3. The SMILES string of the molecule is COc1ccc2oc(=O)cc(CN3CCN(C(=O)C4CCCC4)CC3)c2c1. The van der Waals surface area contributed by atoms with Crippen molar-refractivity contribution in [2.75, 3.05) is 33.3 Å². The number of nitrogens with zero attached hydrogens (tertiary/aromatic N) is 2. The average Bonchev–Trinajstić information content (AvgIpc) is 3.22. The smallest absolute Gasteiger partial charge is 0.336 e. The number of carbonyl (C=O) groups excluding carboxylic acids is 1. The summed E-state index contributed by atoms with van der Waals surface area (Å²) in [4.78, 5) is 28.8. The topological polar surface area (TPSA) is 63.0 Å². The number of benzene rings is 1. The van der Waals surface area contributed by atoms with E-state index in [2.05, 4.69) is 4.90 Å². The Bertz CT molecular complexity index is 877. The first-order chi connectivity index (χ1) is 13.1. The molecule has 2 fully saturated rings. The van der Waals surface area contributed by atoms with Crippen molar-refractivity contribution in [1.29, 1.82) is 0 Å². The maximum absolute atomic E-state index is 12.6. The van der Waals surface area contributed by atoms with Crippen molar-refractivity contribution in [3.05, 3.63) is 40.2 Å². The third-order valence-electron chi connectivity index (χ3n) is 5.82. The molecule has 2 aromatic rings. The second-order valence-electron chi connectivity index (χ2n) is 7.54. The maximum Gasteiger partial charge on any atom is 0.336 e. The summed E-state index contributed by atoms with van der Waals surface area (Å²) in [6.07, 6.45) is 4.46. The van der Waals surface area contributed by atoms with Crippen LogP contribution in [0.4, 0.5) is 0 Å². The summed E-state index contributed by atoms with van der Waals surface area (Å²) in [5.74, 6) is 1.32. The lowest BCUT2D eigenvalue weighted by Crippen LogP contribution is -2.49. The van der Waals surface area contributed by atoms with Gasteiger partial charge in [-0.1, -0.05) is 12.8 Å². The first-order valence-corrected chi connectivity index (χ1v) is 9.76. The lowest BCUT2D eigenvalue weighted by atomic mass is 10.1. The molecule has 1 amide bonds. The van der Waals surface area contributed by atoms with Gasteiger partial charge in [-0.2, -0.15) is 0 Å². The minimum absolute atomic E-state index is 0.242. The molecule has 1 aromatic carbocycles. The molecule has 1 aliphatic carbocycles. The van der Waals surface area contributed by atoms with E-state index in [0.717, 1.165) is 55.7 Å². The van der Waals surface area contributed by atoms with Crippen molar-refractivity contribution in [2.45, 2.75) is 32.2 Å². The predicted molar refractivity (Wildman–Crippen MR) is 103 cm³/mol. The van der Waals surface area contributed by atoms with E-state index in [0.29, 0.717) is 18.0 Å². The van der Waals surface area contributed by atoms with Crippen LogP contribution in [-0.4, -0.2) is 49.0 Å². The molecule has 1 saturated heterocycles. The van der Waals surface area contributed by atoms with Gasteiger partial charge < -0.3 is 14.1 Å². The van der Waals surface area contributed by atoms with Gasteiger partial charge >= 0.3 is 5.63 Å². The van der Waals surface area contributed by atoms with Gasteiger partial charge in [-0.05, 0) is 36.6 Å². The molecule has 0 bridgehead atoms. The van der Waals surface area contributed by atoms with Crippen LogP contribution in [0.15, 0.2) is 33.5 Å². The molecule has 1 aliphatic heterocycles. The van der Waals surface area contributed by atoms with Crippen molar-refractivity contribution < 1.29 is 13.9 Å². The molecule has 6 heteroatoms. The van der Waals surface area contributed by atoms with Crippen molar-refractivity contribution in [2.24, 2.45) is 5.92 Å². The molecule has 1 saturated carbocycles. The summed E-state index contributed by atoms with van der Waals surface area (Å²) in [6, 6.07) is 7.05. The fourth-order valence-corrected chi connectivity index (χ4v) is 4.26. The van der Waals surface area contributed by atoms with Crippen molar-refractivity contribution in [3.8, 4) is 5.75 Å². The highest BCUT2D eigenvalue weighted by Gasteiger charge is 2.29. The Morgan fingerprint density at radius 3 is 2.59 bits per heavy atom. The second kappa shape index (κ2) is 7.72. The number of carbonyl (C=O) groups is 1. The number of amides is 1. The minimum Gasteiger partial charge on any atom is -0.497 e. The number of rotatable bonds is 4. The molecule has 0 radical (unpaired) electrons. The quantitative estimate of drug-likeness (QED) is 0.774. The van der Waals surface area contributed by atoms with Gasteiger partial charge in [-0.25, -0.2) is 4.79 Å². The molecule has 0 N–H and O–H groups in total. The zero-order chi connectivity index (χ0) is 18.8. The Balaban J connectivity index is 1.45. The summed E-state index contributed by atoms with van der Waals surface area (Å²) in [5.41, 5.74) is 1.18. The van der Waals surface area contributed by atoms with Gasteiger partial charge in [-0.15, -0.1) is 0 Å². The van der Waals surface area contributed by atoms with Gasteiger partial charge in [-0.3, -0.25) is 9.69 Å². The third-order valence-corrected chi connectivity index (χ3v) is 5.82. The van der Waals surface area contributed by atoms with Crippen LogP contribution >= 0.6 is 0 Å². The van der Waals surface area contributed by atoms with Crippen LogP contribution in [-0.2, 0) is 11.3 Å². The predicted octanol–water partition coefficient (Wildman–Crippen LogP) is 2.64. The molecular weight excluding hydrogens is 344 g/mol.